The van der Waals surface area contributed by atoms with Gasteiger partial charge in [0.15, 0.2) is 5.58 Å². The Hall–Kier alpha value is -7.69. The summed E-state index contributed by atoms with van der Waals surface area (Å²) in [6.07, 6.45) is 0. The Kier molecular flexibility index (Phi) is 7.78. The molecule has 0 bridgehead atoms. The summed E-state index contributed by atoms with van der Waals surface area (Å²) >= 11 is 0. The zero-order chi connectivity index (χ0) is 37.7. The fourth-order valence-corrected chi connectivity index (χ4v) is 8.10. The fourth-order valence-electron chi connectivity index (χ4n) is 8.10. The van der Waals surface area contributed by atoms with Crippen LogP contribution in [0, 0.1) is 0 Å². The van der Waals surface area contributed by atoms with E-state index in [1.165, 1.54) is 33.0 Å². The van der Waals surface area contributed by atoms with Crippen LogP contribution < -0.4 is 4.90 Å². The van der Waals surface area contributed by atoms with Crippen molar-refractivity contribution in [1.29, 1.82) is 0 Å². The first-order valence-electron chi connectivity index (χ1n) is 19.2. The Balaban J connectivity index is 1.00. The average molecular weight is 731 g/mol. The zero-order valence-electron chi connectivity index (χ0n) is 30.8. The number of aromatic nitrogens is 1. The molecule has 0 aliphatic heterocycles. The topological polar surface area (TPSA) is 42.4 Å². The molecular formula is C53H34N2O2. The second kappa shape index (κ2) is 13.6. The predicted octanol–water partition coefficient (Wildman–Crippen LogP) is 15.0. The Labute approximate surface area is 329 Å². The van der Waals surface area contributed by atoms with Crippen molar-refractivity contribution < 1.29 is 8.83 Å². The maximum absolute atomic E-state index is 6.61. The van der Waals surface area contributed by atoms with Crippen molar-refractivity contribution >= 4 is 60.9 Å². The normalized spacial score (nSPS) is 11.5. The molecule has 11 aromatic rings. The second-order valence-corrected chi connectivity index (χ2v) is 14.4. The van der Waals surface area contributed by atoms with Crippen LogP contribution >= 0.6 is 0 Å². The van der Waals surface area contributed by atoms with Crippen LogP contribution in [0.4, 0.5) is 17.1 Å². The highest BCUT2D eigenvalue weighted by molar-refractivity contribution is 6.12. The maximum atomic E-state index is 6.61. The molecule has 2 aromatic heterocycles. The summed E-state index contributed by atoms with van der Waals surface area (Å²) in [7, 11) is 0. The Morgan fingerprint density at radius 3 is 1.79 bits per heavy atom. The van der Waals surface area contributed by atoms with Crippen molar-refractivity contribution in [2.45, 2.75) is 0 Å². The van der Waals surface area contributed by atoms with Crippen molar-refractivity contribution in [2.24, 2.45) is 0 Å². The molecular weight excluding hydrogens is 697 g/mol. The third-order valence-corrected chi connectivity index (χ3v) is 10.9. The number of oxazole rings is 1. The van der Waals surface area contributed by atoms with E-state index < -0.39 is 0 Å². The van der Waals surface area contributed by atoms with Gasteiger partial charge in [0, 0.05) is 45.0 Å². The molecule has 0 saturated carbocycles. The van der Waals surface area contributed by atoms with Crippen LogP contribution in [0.1, 0.15) is 0 Å². The predicted molar refractivity (Wildman–Crippen MR) is 235 cm³/mol. The standard InChI is InChI=1S/C53H34N2O2/c1-4-14-36(15-5-1)44-30-29-43(32-47(44)40-24-23-35-13-10-11-18-39(35)31-40)55(41-19-8-3-9-20-41)42-27-25-37(26-28-42)45-21-12-22-46-48-33-49-51(34-50(48)56-52(45)46)57-53(54-49)38-16-6-2-7-17-38/h1-34H. The maximum Gasteiger partial charge on any atom is 0.227 e. The molecule has 0 atom stereocenters. The molecule has 4 heteroatoms. The molecule has 0 aliphatic carbocycles. The molecule has 0 spiro atoms. The highest BCUT2D eigenvalue weighted by atomic mass is 16.4. The van der Waals surface area contributed by atoms with Gasteiger partial charge in [-0.15, -0.1) is 0 Å². The molecule has 0 unspecified atom stereocenters. The summed E-state index contributed by atoms with van der Waals surface area (Å²) < 4.78 is 12.8. The summed E-state index contributed by atoms with van der Waals surface area (Å²) in [6.45, 7) is 0. The lowest BCUT2D eigenvalue weighted by Gasteiger charge is -2.27. The van der Waals surface area contributed by atoms with Gasteiger partial charge in [-0.05, 0) is 99.3 Å². The van der Waals surface area contributed by atoms with E-state index in [4.69, 9.17) is 13.8 Å². The van der Waals surface area contributed by atoms with Crippen molar-refractivity contribution in [3.63, 3.8) is 0 Å². The molecule has 2 heterocycles. The lowest BCUT2D eigenvalue weighted by molar-refractivity contribution is 0.617. The van der Waals surface area contributed by atoms with Crippen LogP contribution in [0.25, 0.3) is 88.6 Å². The van der Waals surface area contributed by atoms with Crippen LogP contribution in [-0.2, 0) is 0 Å². The molecule has 11 rings (SSSR count). The number of para-hydroxylation sites is 2. The Morgan fingerprint density at radius 2 is 1.00 bits per heavy atom. The smallest absolute Gasteiger partial charge is 0.227 e. The Morgan fingerprint density at radius 1 is 0.351 bits per heavy atom. The molecule has 57 heavy (non-hydrogen) atoms. The minimum absolute atomic E-state index is 0.602. The van der Waals surface area contributed by atoms with Gasteiger partial charge >= 0.3 is 0 Å². The van der Waals surface area contributed by atoms with Crippen LogP contribution in [-0.4, -0.2) is 4.98 Å². The van der Waals surface area contributed by atoms with Gasteiger partial charge in [-0.25, -0.2) is 4.98 Å². The van der Waals surface area contributed by atoms with E-state index in [0.717, 1.165) is 61.2 Å². The van der Waals surface area contributed by atoms with Crippen molar-refractivity contribution in [1.82, 2.24) is 4.98 Å². The number of fused-ring (bicyclic) bond motifs is 5. The number of rotatable bonds is 7. The number of nitrogens with zero attached hydrogens (tertiary/aromatic N) is 2. The molecule has 0 radical (unpaired) electrons. The first kappa shape index (κ1) is 32.7. The van der Waals surface area contributed by atoms with Crippen LogP contribution in [0.3, 0.4) is 0 Å². The van der Waals surface area contributed by atoms with Gasteiger partial charge in [0.1, 0.15) is 16.7 Å². The van der Waals surface area contributed by atoms with E-state index in [-0.39, 0.29) is 0 Å². The SMILES string of the molecule is c1ccc(-c2nc3cc4c(cc3o2)oc2c(-c3ccc(N(c5ccccc5)c5ccc(-c6ccccc6)c(-c6ccc7ccccc7c6)c5)cc3)cccc24)cc1. The van der Waals surface area contributed by atoms with E-state index in [1.54, 1.807) is 0 Å². The van der Waals surface area contributed by atoms with E-state index in [2.05, 4.69) is 175 Å². The molecule has 4 nitrogen and oxygen atoms in total. The van der Waals surface area contributed by atoms with Crippen LogP contribution in [0.5, 0.6) is 0 Å². The summed E-state index contributed by atoms with van der Waals surface area (Å²) in [4.78, 5) is 7.15. The van der Waals surface area contributed by atoms with Crippen LogP contribution in [0.15, 0.2) is 215 Å². The molecule has 9 aromatic carbocycles. The third kappa shape index (κ3) is 5.83. The fraction of sp³-hybridized carbons (Fsp3) is 0. The zero-order valence-corrected chi connectivity index (χ0v) is 30.8. The van der Waals surface area contributed by atoms with E-state index in [0.29, 0.717) is 11.5 Å². The number of benzene rings is 9. The van der Waals surface area contributed by atoms with Gasteiger partial charge < -0.3 is 13.7 Å². The summed E-state index contributed by atoms with van der Waals surface area (Å²) in [5, 5.41) is 4.51. The molecule has 0 aliphatic rings. The van der Waals surface area contributed by atoms with Gasteiger partial charge in [0.25, 0.3) is 0 Å². The molecule has 0 saturated heterocycles. The summed E-state index contributed by atoms with van der Waals surface area (Å²) in [5.74, 6) is 0.602. The number of anilines is 3. The van der Waals surface area contributed by atoms with Gasteiger partial charge in [-0.1, -0.05) is 140 Å². The van der Waals surface area contributed by atoms with E-state index in [9.17, 15) is 0 Å². The van der Waals surface area contributed by atoms with E-state index in [1.807, 2.05) is 36.4 Å². The minimum Gasteiger partial charge on any atom is -0.455 e. The van der Waals surface area contributed by atoms with Crippen molar-refractivity contribution in [3.8, 4) is 44.8 Å². The number of furan rings is 1. The average Bonchev–Trinajstić information content (AvgIpc) is 3.87. The second-order valence-electron chi connectivity index (χ2n) is 14.4. The largest absolute Gasteiger partial charge is 0.455 e. The molecule has 0 fully saturated rings. The molecule has 0 N–H and O–H groups in total. The lowest BCUT2D eigenvalue weighted by Crippen LogP contribution is -2.10. The van der Waals surface area contributed by atoms with Crippen LogP contribution in [0.2, 0.25) is 0 Å². The third-order valence-electron chi connectivity index (χ3n) is 10.9. The monoisotopic (exact) mass is 730 g/mol. The quantitative estimate of drug-likeness (QED) is 0.164. The van der Waals surface area contributed by atoms with Gasteiger partial charge in [-0.3, -0.25) is 0 Å². The molecule has 268 valence electrons. The summed E-state index contributed by atoms with van der Waals surface area (Å²) in [6, 6.07) is 72.5. The van der Waals surface area contributed by atoms with Gasteiger partial charge in [0.05, 0.1) is 0 Å². The van der Waals surface area contributed by atoms with Crippen molar-refractivity contribution in [2.75, 3.05) is 4.90 Å². The minimum atomic E-state index is 0.602. The lowest BCUT2D eigenvalue weighted by atomic mass is 9.92. The van der Waals surface area contributed by atoms with Gasteiger partial charge in [0.2, 0.25) is 5.89 Å². The number of hydrogen-bond donors (Lipinski definition) is 0. The first-order chi connectivity index (χ1) is 28.2. The van der Waals surface area contributed by atoms with Gasteiger partial charge in [-0.2, -0.15) is 0 Å². The van der Waals surface area contributed by atoms with E-state index >= 15 is 0 Å². The Bertz CT molecular complexity index is 3220. The molecule has 0 amide bonds. The summed E-state index contributed by atoms with van der Waals surface area (Å²) in [5.41, 5.74) is 14.1. The highest BCUT2D eigenvalue weighted by Gasteiger charge is 2.19. The van der Waals surface area contributed by atoms with Crippen molar-refractivity contribution in [3.05, 3.63) is 206 Å². The highest BCUT2D eigenvalue weighted by Crippen LogP contribution is 2.43. The number of hydrogen-bond acceptors (Lipinski definition) is 4. The first-order valence-corrected chi connectivity index (χ1v) is 19.2.